The predicted octanol–water partition coefficient (Wildman–Crippen LogP) is 4.31. The van der Waals surface area contributed by atoms with Crippen LogP contribution < -0.4 is 0 Å². The fraction of sp³-hybridized carbons (Fsp3) is 0.889. The third-order valence-corrected chi connectivity index (χ3v) is 9.15. The molecule has 0 aromatic carbocycles. The molecule has 24 heavy (non-hydrogen) atoms. The summed E-state index contributed by atoms with van der Waals surface area (Å²) in [5.41, 5.74) is 0. The van der Waals surface area contributed by atoms with Gasteiger partial charge >= 0.3 is 11.9 Å². The van der Waals surface area contributed by atoms with Crippen molar-refractivity contribution >= 4 is 20.3 Å². The molecule has 0 aromatic heterocycles. The highest BCUT2D eigenvalue weighted by Gasteiger charge is 2.38. The summed E-state index contributed by atoms with van der Waals surface area (Å²) < 4.78 is 16.3. The first kappa shape index (κ1) is 23.1. The van der Waals surface area contributed by atoms with E-state index in [1.807, 2.05) is 0 Å². The first-order valence-electron chi connectivity index (χ1n) is 8.97. The van der Waals surface area contributed by atoms with Crippen molar-refractivity contribution in [1.82, 2.24) is 0 Å². The molecule has 0 bridgehead atoms. The average Bonchev–Trinajstić information content (AvgIpc) is 2.42. The van der Waals surface area contributed by atoms with E-state index in [2.05, 4.69) is 40.8 Å². The summed E-state index contributed by atoms with van der Waals surface area (Å²) in [4.78, 5) is 23.9. The summed E-state index contributed by atoms with van der Waals surface area (Å²) in [7, 11) is -1.80. The van der Waals surface area contributed by atoms with Gasteiger partial charge in [-0.1, -0.05) is 20.8 Å². The van der Waals surface area contributed by atoms with Crippen molar-refractivity contribution in [1.29, 1.82) is 0 Å². The lowest BCUT2D eigenvalue weighted by atomic mass is 10.0. The van der Waals surface area contributed by atoms with Gasteiger partial charge in [-0.15, -0.1) is 0 Å². The largest absolute Gasteiger partial charge is 0.465 e. The SMILES string of the molecule is CCOC(=O)C(CCCC(C)O[Si](C)(C)C(C)(C)C)C(=O)OCC. The van der Waals surface area contributed by atoms with Gasteiger partial charge in [-0.2, -0.15) is 0 Å². The van der Waals surface area contributed by atoms with Gasteiger partial charge in [0.05, 0.1) is 13.2 Å². The maximum Gasteiger partial charge on any atom is 0.320 e. The van der Waals surface area contributed by atoms with Crippen molar-refractivity contribution in [3.8, 4) is 0 Å². The highest BCUT2D eigenvalue weighted by atomic mass is 28.4. The number of hydrogen-bond donors (Lipinski definition) is 0. The van der Waals surface area contributed by atoms with Crippen LogP contribution in [-0.2, 0) is 23.5 Å². The molecule has 0 N–H and O–H groups in total. The molecule has 0 aromatic rings. The van der Waals surface area contributed by atoms with Crippen LogP contribution in [0.25, 0.3) is 0 Å². The molecule has 0 spiro atoms. The topological polar surface area (TPSA) is 61.8 Å². The molecule has 5 nitrogen and oxygen atoms in total. The van der Waals surface area contributed by atoms with Crippen molar-refractivity contribution in [2.24, 2.45) is 5.92 Å². The molecule has 142 valence electrons. The molecule has 0 aliphatic heterocycles. The Balaban J connectivity index is 4.55. The van der Waals surface area contributed by atoms with Crippen LogP contribution in [0.15, 0.2) is 0 Å². The number of esters is 2. The Kier molecular flexibility index (Phi) is 9.81. The molecular weight excluding hydrogens is 324 g/mol. The molecule has 0 heterocycles. The van der Waals surface area contributed by atoms with Crippen molar-refractivity contribution in [2.45, 2.75) is 85.0 Å². The van der Waals surface area contributed by atoms with Gasteiger partial charge in [0.1, 0.15) is 0 Å². The smallest absolute Gasteiger partial charge is 0.320 e. The second kappa shape index (κ2) is 10.2. The Hall–Kier alpha value is -0.883. The number of ether oxygens (including phenoxy) is 2. The van der Waals surface area contributed by atoms with Gasteiger partial charge in [0.2, 0.25) is 0 Å². The zero-order chi connectivity index (χ0) is 19.0. The normalized spacial score (nSPS) is 13.7. The average molecular weight is 361 g/mol. The fourth-order valence-electron chi connectivity index (χ4n) is 2.17. The van der Waals surface area contributed by atoms with Gasteiger partial charge in [-0.3, -0.25) is 9.59 Å². The van der Waals surface area contributed by atoms with Crippen LogP contribution >= 0.6 is 0 Å². The Morgan fingerprint density at radius 3 is 1.79 bits per heavy atom. The van der Waals surface area contributed by atoms with E-state index in [9.17, 15) is 9.59 Å². The number of hydrogen-bond acceptors (Lipinski definition) is 5. The summed E-state index contributed by atoms with van der Waals surface area (Å²) in [5, 5.41) is 0.166. The third kappa shape index (κ3) is 7.79. The second-order valence-corrected chi connectivity index (χ2v) is 12.4. The molecular formula is C18H36O5Si. The van der Waals surface area contributed by atoms with Gasteiger partial charge in [-0.25, -0.2) is 0 Å². The first-order chi connectivity index (χ1) is 11.0. The quantitative estimate of drug-likeness (QED) is 0.330. The van der Waals surface area contributed by atoms with E-state index < -0.39 is 26.2 Å². The minimum atomic E-state index is -1.80. The van der Waals surface area contributed by atoms with Crippen molar-refractivity contribution < 1.29 is 23.5 Å². The van der Waals surface area contributed by atoms with Crippen LogP contribution in [0.5, 0.6) is 0 Å². The Morgan fingerprint density at radius 2 is 1.42 bits per heavy atom. The minimum absolute atomic E-state index is 0.107. The first-order valence-corrected chi connectivity index (χ1v) is 11.9. The van der Waals surface area contributed by atoms with Gasteiger partial charge in [0.25, 0.3) is 0 Å². The van der Waals surface area contributed by atoms with Crippen LogP contribution in [-0.4, -0.2) is 39.6 Å². The lowest BCUT2D eigenvalue weighted by Gasteiger charge is -2.38. The molecule has 0 amide bonds. The molecule has 1 atom stereocenters. The standard InChI is InChI=1S/C18H36O5Si/c1-9-21-16(19)15(17(20)22-10-2)13-11-12-14(3)23-24(7,8)18(4,5)6/h14-15H,9-13H2,1-8H3. The summed E-state index contributed by atoms with van der Waals surface area (Å²) in [5.74, 6) is -1.81. The summed E-state index contributed by atoms with van der Waals surface area (Å²) in [6.07, 6.45) is 2.07. The maximum absolute atomic E-state index is 11.9. The van der Waals surface area contributed by atoms with E-state index in [-0.39, 0.29) is 24.4 Å². The highest BCUT2D eigenvalue weighted by molar-refractivity contribution is 6.74. The van der Waals surface area contributed by atoms with Crippen LogP contribution in [0.4, 0.5) is 0 Å². The van der Waals surface area contributed by atoms with Crippen LogP contribution in [0.3, 0.4) is 0 Å². The van der Waals surface area contributed by atoms with Gasteiger partial charge in [-0.05, 0) is 58.2 Å². The van der Waals surface area contributed by atoms with Crippen LogP contribution in [0.1, 0.15) is 60.8 Å². The fourth-order valence-corrected chi connectivity index (χ4v) is 3.64. The summed E-state index contributed by atoms with van der Waals surface area (Å²) in [6.45, 7) is 17.1. The second-order valence-electron chi connectivity index (χ2n) is 7.68. The van der Waals surface area contributed by atoms with E-state index >= 15 is 0 Å². The van der Waals surface area contributed by atoms with E-state index in [1.54, 1.807) is 13.8 Å². The lowest BCUT2D eigenvalue weighted by molar-refractivity contribution is -0.162. The predicted molar refractivity (Wildman–Crippen MR) is 98.4 cm³/mol. The Morgan fingerprint density at radius 1 is 0.958 bits per heavy atom. The number of carbonyl (C=O) groups is 2. The van der Waals surface area contributed by atoms with Gasteiger partial charge in [0, 0.05) is 6.10 Å². The van der Waals surface area contributed by atoms with Crippen LogP contribution in [0, 0.1) is 5.92 Å². The molecule has 0 aliphatic rings. The Labute approximate surface area is 148 Å². The van der Waals surface area contributed by atoms with Gasteiger partial charge < -0.3 is 13.9 Å². The molecule has 1 unspecified atom stereocenters. The molecule has 0 radical (unpaired) electrons. The third-order valence-electron chi connectivity index (χ3n) is 4.55. The molecule has 0 fully saturated rings. The minimum Gasteiger partial charge on any atom is -0.465 e. The van der Waals surface area contributed by atoms with Crippen LogP contribution in [0.2, 0.25) is 18.1 Å². The van der Waals surface area contributed by atoms with Gasteiger partial charge in [0.15, 0.2) is 14.2 Å². The van der Waals surface area contributed by atoms with E-state index in [1.165, 1.54) is 0 Å². The maximum atomic E-state index is 11.9. The van der Waals surface area contributed by atoms with E-state index in [4.69, 9.17) is 13.9 Å². The van der Waals surface area contributed by atoms with Crippen molar-refractivity contribution in [3.63, 3.8) is 0 Å². The van der Waals surface area contributed by atoms with E-state index in [0.29, 0.717) is 6.42 Å². The summed E-state index contributed by atoms with van der Waals surface area (Å²) in [6, 6.07) is 0. The van der Waals surface area contributed by atoms with E-state index in [0.717, 1.165) is 12.8 Å². The monoisotopic (exact) mass is 360 g/mol. The Bertz CT molecular complexity index is 383. The number of carbonyl (C=O) groups excluding carboxylic acids is 2. The van der Waals surface area contributed by atoms with Crippen molar-refractivity contribution in [3.05, 3.63) is 0 Å². The lowest BCUT2D eigenvalue weighted by Crippen LogP contribution is -2.43. The highest BCUT2D eigenvalue weighted by Crippen LogP contribution is 2.37. The molecule has 6 heteroatoms. The number of rotatable bonds is 10. The molecule has 0 saturated carbocycles. The summed E-state index contributed by atoms with van der Waals surface area (Å²) >= 11 is 0. The molecule has 0 saturated heterocycles. The van der Waals surface area contributed by atoms with Crippen molar-refractivity contribution in [2.75, 3.05) is 13.2 Å². The zero-order valence-corrected chi connectivity index (χ0v) is 17.7. The molecule has 0 aliphatic carbocycles. The zero-order valence-electron chi connectivity index (χ0n) is 16.7. The molecule has 0 rings (SSSR count).